The third-order valence-electron chi connectivity index (χ3n) is 1.36. The highest BCUT2D eigenvalue weighted by Gasteiger charge is 2.22. The highest BCUT2D eigenvalue weighted by atomic mass is 17.2. The van der Waals surface area contributed by atoms with Crippen LogP contribution in [0.5, 0.6) is 0 Å². The zero-order valence-corrected chi connectivity index (χ0v) is 9.13. The summed E-state index contributed by atoms with van der Waals surface area (Å²) in [7, 11) is 0. The second-order valence-electron chi connectivity index (χ2n) is 3.00. The molecule has 0 radical (unpaired) electrons. The van der Waals surface area contributed by atoms with E-state index >= 15 is 0 Å². The van der Waals surface area contributed by atoms with Gasteiger partial charge in [-0.25, -0.2) is 9.59 Å². The van der Waals surface area contributed by atoms with Crippen LogP contribution in [0.4, 0.5) is 0 Å². The SMILES string of the molecule is C=CC(=O)OC(OOC(=O)C(=C)C)C(C)O. The molecule has 0 aromatic heterocycles. The summed E-state index contributed by atoms with van der Waals surface area (Å²) in [6, 6.07) is 0. The van der Waals surface area contributed by atoms with Crippen molar-refractivity contribution in [2.75, 3.05) is 0 Å². The summed E-state index contributed by atoms with van der Waals surface area (Å²) < 4.78 is 4.56. The molecular weight excluding hydrogens is 216 g/mol. The van der Waals surface area contributed by atoms with Crippen molar-refractivity contribution < 1.29 is 29.2 Å². The average Bonchev–Trinajstić information content (AvgIpc) is 2.22. The first-order valence-corrected chi connectivity index (χ1v) is 4.42. The van der Waals surface area contributed by atoms with Crippen LogP contribution in [0.2, 0.25) is 0 Å². The molecule has 0 saturated carbocycles. The van der Waals surface area contributed by atoms with E-state index < -0.39 is 24.3 Å². The van der Waals surface area contributed by atoms with Crippen LogP contribution in [-0.2, 0) is 24.1 Å². The molecule has 90 valence electrons. The van der Waals surface area contributed by atoms with Crippen LogP contribution in [0, 0.1) is 0 Å². The number of rotatable bonds is 6. The lowest BCUT2D eigenvalue weighted by atomic mass is 10.4. The molecule has 0 saturated heterocycles. The average molecular weight is 230 g/mol. The van der Waals surface area contributed by atoms with Crippen molar-refractivity contribution in [1.82, 2.24) is 0 Å². The molecule has 0 aliphatic carbocycles. The summed E-state index contributed by atoms with van der Waals surface area (Å²) in [6.07, 6.45) is -1.69. The monoisotopic (exact) mass is 230 g/mol. The summed E-state index contributed by atoms with van der Waals surface area (Å²) >= 11 is 0. The van der Waals surface area contributed by atoms with E-state index in [-0.39, 0.29) is 5.57 Å². The molecule has 16 heavy (non-hydrogen) atoms. The Bertz CT molecular complexity index is 294. The molecule has 1 N–H and O–H groups in total. The maximum atomic E-state index is 10.9. The molecule has 0 rings (SSSR count). The van der Waals surface area contributed by atoms with Crippen LogP contribution in [0.3, 0.4) is 0 Å². The van der Waals surface area contributed by atoms with Crippen molar-refractivity contribution >= 4 is 11.9 Å². The summed E-state index contributed by atoms with van der Waals surface area (Å²) in [5.74, 6) is -1.63. The quantitative estimate of drug-likeness (QED) is 0.235. The zero-order valence-electron chi connectivity index (χ0n) is 9.13. The van der Waals surface area contributed by atoms with Crippen LogP contribution in [0.15, 0.2) is 24.8 Å². The summed E-state index contributed by atoms with van der Waals surface area (Å²) in [5, 5.41) is 9.16. The Kier molecular flexibility index (Phi) is 6.06. The first-order valence-electron chi connectivity index (χ1n) is 4.42. The van der Waals surface area contributed by atoms with Crippen LogP contribution < -0.4 is 0 Å². The molecule has 0 heterocycles. The smallest absolute Gasteiger partial charge is 0.368 e. The summed E-state index contributed by atoms with van der Waals surface area (Å²) in [5.41, 5.74) is 0.111. The number of hydrogen-bond acceptors (Lipinski definition) is 6. The lowest BCUT2D eigenvalue weighted by Gasteiger charge is -2.17. The highest BCUT2D eigenvalue weighted by Crippen LogP contribution is 2.05. The normalized spacial score (nSPS) is 13.4. The number of esters is 1. The van der Waals surface area contributed by atoms with Crippen molar-refractivity contribution in [2.45, 2.75) is 26.2 Å². The van der Waals surface area contributed by atoms with Crippen LogP contribution in [0.1, 0.15) is 13.8 Å². The van der Waals surface area contributed by atoms with Gasteiger partial charge in [-0.15, -0.1) is 4.89 Å². The van der Waals surface area contributed by atoms with Gasteiger partial charge in [-0.1, -0.05) is 13.2 Å². The lowest BCUT2D eigenvalue weighted by Crippen LogP contribution is -2.32. The molecule has 0 aromatic rings. The molecule has 0 amide bonds. The number of hydrogen-bond donors (Lipinski definition) is 1. The number of carbonyl (C=O) groups is 2. The molecule has 0 aliphatic heterocycles. The van der Waals surface area contributed by atoms with Gasteiger partial charge in [0.25, 0.3) is 6.29 Å². The third kappa shape index (κ3) is 5.28. The van der Waals surface area contributed by atoms with Crippen molar-refractivity contribution in [3.05, 3.63) is 24.8 Å². The molecule has 0 bridgehead atoms. The van der Waals surface area contributed by atoms with Gasteiger partial charge in [0.05, 0.1) is 0 Å². The second kappa shape index (κ2) is 6.76. The Hall–Kier alpha value is -1.66. The Balaban J connectivity index is 4.24. The largest absolute Gasteiger partial charge is 0.426 e. The van der Waals surface area contributed by atoms with Gasteiger partial charge in [-0.3, -0.25) is 4.89 Å². The highest BCUT2D eigenvalue weighted by molar-refractivity contribution is 5.86. The van der Waals surface area contributed by atoms with Crippen LogP contribution >= 0.6 is 0 Å². The number of aliphatic hydroxyl groups excluding tert-OH is 1. The summed E-state index contributed by atoms with van der Waals surface area (Å²) in [6.45, 7) is 9.19. The number of carbonyl (C=O) groups excluding carboxylic acids is 2. The minimum Gasteiger partial charge on any atom is -0.426 e. The number of ether oxygens (including phenoxy) is 1. The van der Waals surface area contributed by atoms with E-state index in [1.54, 1.807) is 0 Å². The topological polar surface area (TPSA) is 82.1 Å². The van der Waals surface area contributed by atoms with Gasteiger partial charge < -0.3 is 9.84 Å². The van der Waals surface area contributed by atoms with Crippen molar-refractivity contribution in [1.29, 1.82) is 0 Å². The molecule has 6 nitrogen and oxygen atoms in total. The van der Waals surface area contributed by atoms with Gasteiger partial charge >= 0.3 is 11.9 Å². The Morgan fingerprint density at radius 1 is 1.44 bits per heavy atom. The van der Waals surface area contributed by atoms with E-state index in [1.807, 2.05) is 0 Å². The van der Waals surface area contributed by atoms with Gasteiger partial charge in [-0.2, -0.15) is 0 Å². The fourth-order valence-electron chi connectivity index (χ4n) is 0.523. The molecule has 0 aromatic carbocycles. The fraction of sp³-hybridized carbons (Fsp3) is 0.400. The van der Waals surface area contributed by atoms with Crippen molar-refractivity contribution in [3.63, 3.8) is 0 Å². The van der Waals surface area contributed by atoms with Gasteiger partial charge in [-0.05, 0) is 13.8 Å². The third-order valence-corrected chi connectivity index (χ3v) is 1.36. The lowest BCUT2D eigenvalue weighted by molar-refractivity contribution is -0.356. The maximum Gasteiger partial charge on any atom is 0.368 e. The maximum absolute atomic E-state index is 10.9. The fourth-order valence-corrected chi connectivity index (χ4v) is 0.523. The van der Waals surface area contributed by atoms with Crippen LogP contribution in [0.25, 0.3) is 0 Å². The van der Waals surface area contributed by atoms with Gasteiger partial charge in [0.15, 0.2) is 0 Å². The van der Waals surface area contributed by atoms with Gasteiger partial charge in [0.1, 0.15) is 6.10 Å². The Morgan fingerprint density at radius 3 is 2.38 bits per heavy atom. The van der Waals surface area contributed by atoms with Crippen molar-refractivity contribution in [3.8, 4) is 0 Å². The predicted molar refractivity (Wildman–Crippen MR) is 53.7 cm³/mol. The van der Waals surface area contributed by atoms with E-state index in [0.717, 1.165) is 6.08 Å². The molecule has 0 fully saturated rings. The minimum absolute atomic E-state index is 0.111. The van der Waals surface area contributed by atoms with E-state index in [1.165, 1.54) is 13.8 Å². The predicted octanol–water partition coefficient (Wildman–Crippen LogP) is 0.473. The standard InChI is InChI=1S/C10H14O6/c1-5-8(12)14-10(7(4)11)16-15-9(13)6(2)3/h5,7,10-11H,1-2H2,3-4H3. The van der Waals surface area contributed by atoms with Gasteiger partial charge in [0.2, 0.25) is 0 Å². The molecule has 6 heteroatoms. The second-order valence-corrected chi connectivity index (χ2v) is 3.00. The van der Waals surface area contributed by atoms with Crippen molar-refractivity contribution in [2.24, 2.45) is 0 Å². The van der Waals surface area contributed by atoms with E-state index in [4.69, 9.17) is 5.11 Å². The van der Waals surface area contributed by atoms with E-state index in [9.17, 15) is 9.59 Å². The minimum atomic E-state index is -1.41. The molecule has 2 unspecified atom stereocenters. The molecule has 0 aliphatic rings. The first kappa shape index (κ1) is 14.3. The number of aliphatic hydroxyl groups is 1. The Morgan fingerprint density at radius 2 is 2.00 bits per heavy atom. The molecular formula is C10H14O6. The zero-order chi connectivity index (χ0) is 12.7. The Labute approximate surface area is 93.0 Å². The van der Waals surface area contributed by atoms with Crippen LogP contribution in [-0.4, -0.2) is 29.4 Å². The summed E-state index contributed by atoms with van der Waals surface area (Å²) in [4.78, 5) is 30.5. The van der Waals surface area contributed by atoms with E-state index in [2.05, 4.69) is 27.7 Å². The first-order chi connectivity index (χ1) is 7.38. The van der Waals surface area contributed by atoms with Gasteiger partial charge in [0, 0.05) is 11.6 Å². The molecule has 0 spiro atoms. The molecule has 2 atom stereocenters. The van der Waals surface area contributed by atoms with E-state index in [0.29, 0.717) is 0 Å².